The lowest BCUT2D eigenvalue weighted by atomic mass is 10.2. The fraction of sp³-hybridized carbons (Fsp3) is 0.143. The molecule has 0 atom stereocenters. The molecule has 3 heteroatoms. The third-order valence-corrected chi connectivity index (χ3v) is 3.03. The Morgan fingerprint density at radius 1 is 1.06 bits per heavy atom. The Kier molecular flexibility index (Phi) is 4.04. The lowest BCUT2D eigenvalue weighted by molar-refractivity contribution is 0.416. The Bertz CT molecular complexity index is 482. The first-order valence-electron chi connectivity index (χ1n) is 5.41. The highest BCUT2D eigenvalue weighted by molar-refractivity contribution is 9.10. The molecule has 0 unspecified atom stereocenters. The predicted molar refractivity (Wildman–Crippen MR) is 74.5 cm³/mol. The molecule has 0 saturated heterocycles. The van der Waals surface area contributed by atoms with E-state index in [1.165, 1.54) is 5.56 Å². The van der Waals surface area contributed by atoms with Gasteiger partial charge in [-0.2, -0.15) is 0 Å². The number of methoxy groups -OCH3 is 1. The van der Waals surface area contributed by atoms with Gasteiger partial charge in [0.1, 0.15) is 5.75 Å². The molecule has 0 fully saturated rings. The van der Waals surface area contributed by atoms with Gasteiger partial charge in [0, 0.05) is 11.0 Å². The second kappa shape index (κ2) is 5.73. The maximum Gasteiger partial charge on any atom is 0.141 e. The number of nitrogens with one attached hydrogen (secondary N) is 1. The summed E-state index contributed by atoms with van der Waals surface area (Å²) in [5.41, 5.74) is 2.25. The van der Waals surface area contributed by atoms with Crippen molar-refractivity contribution in [1.29, 1.82) is 0 Å². The standard InChI is InChI=1S/C14H14BrNO/c1-17-14-5-3-2-4-13(14)16-10-11-6-8-12(15)9-7-11/h2-9,16H,10H2,1H3. The van der Waals surface area contributed by atoms with Crippen molar-refractivity contribution in [1.82, 2.24) is 0 Å². The molecule has 1 N–H and O–H groups in total. The minimum atomic E-state index is 0.785. The van der Waals surface area contributed by atoms with E-state index in [2.05, 4.69) is 33.4 Å². The molecule has 0 aliphatic rings. The van der Waals surface area contributed by atoms with E-state index >= 15 is 0 Å². The molecule has 0 bridgehead atoms. The summed E-state index contributed by atoms with van der Waals surface area (Å²) in [6.45, 7) is 0.785. The minimum absolute atomic E-state index is 0.785. The fourth-order valence-electron chi connectivity index (χ4n) is 1.59. The number of para-hydroxylation sites is 2. The molecule has 0 heterocycles. The second-order valence-electron chi connectivity index (χ2n) is 3.68. The Labute approximate surface area is 110 Å². The van der Waals surface area contributed by atoms with Crippen LogP contribution in [0.1, 0.15) is 5.56 Å². The molecule has 17 heavy (non-hydrogen) atoms. The number of hydrogen-bond acceptors (Lipinski definition) is 2. The summed E-state index contributed by atoms with van der Waals surface area (Å²) in [6.07, 6.45) is 0. The maximum absolute atomic E-state index is 5.28. The smallest absolute Gasteiger partial charge is 0.141 e. The third-order valence-electron chi connectivity index (χ3n) is 2.50. The van der Waals surface area contributed by atoms with E-state index in [1.807, 2.05) is 36.4 Å². The van der Waals surface area contributed by atoms with Crippen molar-refractivity contribution in [2.24, 2.45) is 0 Å². The van der Waals surface area contributed by atoms with Gasteiger partial charge in [-0.3, -0.25) is 0 Å². The molecule has 0 aliphatic carbocycles. The normalized spacial score (nSPS) is 10.0. The Morgan fingerprint density at radius 3 is 2.47 bits per heavy atom. The van der Waals surface area contributed by atoms with Gasteiger partial charge in [0.2, 0.25) is 0 Å². The van der Waals surface area contributed by atoms with Crippen LogP contribution in [0.5, 0.6) is 5.75 Å². The van der Waals surface area contributed by atoms with Gasteiger partial charge in [0.05, 0.1) is 12.8 Å². The van der Waals surface area contributed by atoms with Gasteiger partial charge in [-0.1, -0.05) is 40.2 Å². The van der Waals surface area contributed by atoms with Gasteiger partial charge in [-0.15, -0.1) is 0 Å². The van der Waals surface area contributed by atoms with Crippen LogP contribution in [-0.2, 0) is 6.54 Å². The SMILES string of the molecule is COc1ccccc1NCc1ccc(Br)cc1. The summed E-state index contributed by atoms with van der Waals surface area (Å²) in [6, 6.07) is 16.2. The largest absolute Gasteiger partial charge is 0.495 e. The molecular formula is C14H14BrNO. The Balaban J connectivity index is 2.04. The van der Waals surface area contributed by atoms with Crippen molar-refractivity contribution in [2.45, 2.75) is 6.54 Å². The molecule has 0 spiro atoms. The van der Waals surface area contributed by atoms with E-state index in [0.717, 1.165) is 22.5 Å². The molecule has 2 rings (SSSR count). The lowest BCUT2D eigenvalue weighted by Gasteiger charge is -2.10. The molecule has 2 aromatic rings. The average molecular weight is 292 g/mol. The third kappa shape index (κ3) is 3.24. The van der Waals surface area contributed by atoms with Crippen LogP contribution in [0, 0.1) is 0 Å². The van der Waals surface area contributed by atoms with Gasteiger partial charge in [-0.05, 0) is 29.8 Å². The lowest BCUT2D eigenvalue weighted by Crippen LogP contribution is -2.00. The summed E-state index contributed by atoms with van der Waals surface area (Å²) in [5, 5.41) is 3.36. The van der Waals surface area contributed by atoms with Crippen LogP contribution in [0.15, 0.2) is 53.0 Å². The quantitative estimate of drug-likeness (QED) is 0.917. The van der Waals surface area contributed by atoms with Crippen molar-refractivity contribution in [2.75, 3.05) is 12.4 Å². The summed E-state index contributed by atoms with van der Waals surface area (Å²) < 4.78 is 6.38. The van der Waals surface area contributed by atoms with E-state index in [4.69, 9.17) is 4.74 Å². The van der Waals surface area contributed by atoms with E-state index < -0.39 is 0 Å². The Morgan fingerprint density at radius 2 is 1.76 bits per heavy atom. The molecule has 2 aromatic carbocycles. The minimum Gasteiger partial charge on any atom is -0.495 e. The van der Waals surface area contributed by atoms with Crippen LogP contribution in [0.2, 0.25) is 0 Å². The van der Waals surface area contributed by atoms with E-state index in [-0.39, 0.29) is 0 Å². The number of benzene rings is 2. The van der Waals surface area contributed by atoms with Crippen LogP contribution < -0.4 is 10.1 Å². The molecule has 0 amide bonds. The van der Waals surface area contributed by atoms with Gasteiger partial charge in [0.15, 0.2) is 0 Å². The molecule has 0 aromatic heterocycles. The van der Waals surface area contributed by atoms with E-state index in [0.29, 0.717) is 0 Å². The second-order valence-corrected chi connectivity index (χ2v) is 4.60. The van der Waals surface area contributed by atoms with Crippen molar-refractivity contribution >= 4 is 21.6 Å². The first kappa shape index (κ1) is 12.0. The highest BCUT2D eigenvalue weighted by Crippen LogP contribution is 2.23. The molecule has 0 aliphatic heterocycles. The fourth-order valence-corrected chi connectivity index (χ4v) is 1.85. The average Bonchev–Trinajstić information content (AvgIpc) is 2.38. The highest BCUT2D eigenvalue weighted by Gasteiger charge is 2.00. The summed E-state index contributed by atoms with van der Waals surface area (Å²) in [5.74, 6) is 0.865. The van der Waals surface area contributed by atoms with Gasteiger partial charge < -0.3 is 10.1 Å². The van der Waals surface area contributed by atoms with Crippen LogP contribution in [-0.4, -0.2) is 7.11 Å². The molecular weight excluding hydrogens is 278 g/mol. The van der Waals surface area contributed by atoms with E-state index in [9.17, 15) is 0 Å². The number of rotatable bonds is 4. The van der Waals surface area contributed by atoms with Crippen LogP contribution >= 0.6 is 15.9 Å². The van der Waals surface area contributed by atoms with Gasteiger partial charge in [0.25, 0.3) is 0 Å². The first-order valence-corrected chi connectivity index (χ1v) is 6.20. The monoisotopic (exact) mass is 291 g/mol. The van der Waals surface area contributed by atoms with Crippen molar-refractivity contribution in [3.05, 3.63) is 58.6 Å². The number of hydrogen-bond donors (Lipinski definition) is 1. The van der Waals surface area contributed by atoms with E-state index in [1.54, 1.807) is 7.11 Å². The zero-order chi connectivity index (χ0) is 12.1. The molecule has 0 saturated carbocycles. The van der Waals surface area contributed by atoms with Gasteiger partial charge >= 0.3 is 0 Å². The first-order chi connectivity index (χ1) is 8.29. The maximum atomic E-state index is 5.28. The van der Waals surface area contributed by atoms with Crippen LogP contribution in [0.25, 0.3) is 0 Å². The van der Waals surface area contributed by atoms with Crippen molar-refractivity contribution in [3.8, 4) is 5.75 Å². The molecule has 0 radical (unpaired) electrons. The topological polar surface area (TPSA) is 21.3 Å². The predicted octanol–water partition coefficient (Wildman–Crippen LogP) is 4.07. The molecule has 88 valence electrons. The molecule has 2 nitrogen and oxygen atoms in total. The van der Waals surface area contributed by atoms with Crippen LogP contribution in [0.3, 0.4) is 0 Å². The number of halogens is 1. The Hall–Kier alpha value is -1.48. The number of anilines is 1. The zero-order valence-electron chi connectivity index (χ0n) is 9.61. The summed E-state index contributed by atoms with van der Waals surface area (Å²) in [7, 11) is 1.68. The van der Waals surface area contributed by atoms with Crippen molar-refractivity contribution < 1.29 is 4.74 Å². The summed E-state index contributed by atoms with van der Waals surface area (Å²) in [4.78, 5) is 0. The zero-order valence-corrected chi connectivity index (χ0v) is 11.2. The summed E-state index contributed by atoms with van der Waals surface area (Å²) >= 11 is 3.42. The van der Waals surface area contributed by atoms with Crippen molar-refractivity contribution in [3.63, 3.8) is 0 Å². The van der Waals surface area contributed by atoms with Gasteiger partial charge in [-0.25, -0.2) is 0 Å². The highest BCUT2D eigenvalue weighted by atomic mass is 79.9. The number of ether oxygens (including phenoxy) is 1. The van der Waals surface area contributed by atoms with Crippen LogP contribution in [0.4, 0.5) is 5.69 Å².